The Kier molecular flexibility index (Phi) is 5.51. The van der Waals surface area contributed by atoms with Crippen molar-refractivity contribution < 1.29 is 24.2 Å². The first-order chi connectivity index (χ1) is 15.1. The van der Waals surface area contributed by atoms with Gasteiger partial charge in [0.1, 0.15) is 0 Å². The molecule has 5 rings (SSSR count). The Labute approximate surface area is 214 Å². The van der Waals surface area contributed by atoms with Crippen LogP contribution < -0.4 is 0 Å². The van der Waals surface area contributed by atoms with Crippen LogP contribution in [0.4, 0.5) is 0 Å². The van der Waals surface area contributed by atoms with Gasteiger partial charge in [0, 0.05) is 17.3 Å². The van der Waals surface area contributed by atoms with E-state index >= 15 is 0 Å². The fourth-order valence-electron chi connectivity index (χ4n) is 8.26. The lowest BCUT2D eigenvalue weighted by atomic mass is 9.44. The summed E-state index contributed by atoms with van der Waals surface area (Å²) < 4.78 is 12.7. The highest BCUT2D eigenvalue weighted by atomic mass is 35.5. The number of fused-ring (bicyclic) bond motifs is 7. The number of allylic oxidation sites excluding steroid dienone is 1. The number of ketones is 2. The maximum absolute atomic E-state index is 13.6. The summed E-state index contributed by atoms with van der Waals surface area (Å²) in [5.41, 5.74) is -2.04. The van der Waals surface area contributed by atoms with Gasteiger partial charge < -0.3 is 14.6 Å². The van der Waals surface area contributed by atoms with Crippen molar-refractivity contribution in [3.8, 4) is 0 Å². The fourth-order valence-corrected chi connectivity index (χ4v) is 9.60. The van der Waals surface area contributed by atoms with E-state index in [0.717, 1.165) is 5.57 Å². The lowest BCUT2D eigenvalue weighted by Gasteiger charge is -2.65. The van der Waals surface area contributed by atoms with Crippen LogP contribution in [0.5, 0.6) is 0 Å². The molecule has 184 valence electrons. The van der Waals surface area contributed by atoms with E-state index in [1.165, 1.54) is 0 Å². The molecule has 1 saturated heterocycles. The van der Waals surface area contributed by atoms with E-state index in [-0.39, 0.29) is 29.4 Å². The number of halogens is 4. The summed E-state index contributed by atoms with van der Waals surface area (Å²) in [4.78, 5) is 23.5. The van der Waals surface area contributed by atoms with Crippen LogP contribution in [0.1, 0.15) is 59.8 Å². The van der Waals surface area contributed by atoms with Gasteiger partial charge in [-0.15, -0.1) is 23.2 Å². The summed E-state index contributed by atoms with van der Waals surface area (Å²) in [6.07, 6.45) is 2.24. The minimum atomic E-state index is -1.39. The summed E-state index contributed by atoms with van der Waals surface area (Å²) in [6, 6.07) is 0. The van der Waals surface area contributed by atoms with Gasteiger partial charge in [0.05, 0.1) is 22.5 Å². The minimum Gasteiger partial charge on any atom is -0.391 e. The van der Waals surface area contributed by atoms with Crippen molar-refractivity contribution in [3.63, 3.8) is 0 Å². The Bertz CT molecular complexity index is 951. The molecule has 0 amide bonds. The fraction of sp³-hybridized carbons (Fsp3) is 0.833. The van der Waals surface area contributed by atoms with E-state index in [4.69, 9.17) is 55.9 Å². The summed E-state index contributed by atoms with van der Waals surface area (Å²) >= 11 is 26.7. The molecule has 1 aliphatic heterocycles. The summed E-state index contributed by atoms with van der Waals surface area (Å²) in [6.45, 7) is 7.53. The quantitative estimate of drug-likeness (QED) is 0.503. The van der Waals surface area contributed by atoms with Crippen LogP contribution >= 0.6 is 46.4 Å². The van der Waals surface area contributed by atoms with Gasteiger partial charge in [-0.1, -0.05) is 37.0 Å². The van der Waals surface area contributed by atoms with Gasteiger partial charge in [0.15, 0.2) is 22.0 Å². The number of ether oxygens (including phenoxy) is 2. The summed E-state index contributed by atoms with van der Waals surface area (Å²) in [5, 5.41) is 11.4. The van der Waals surface area contributed by atoms with Gasteiger partial charge in [-0.25, -0.2) is 0 Å². The van der Waals surface area contributed by atoms with Gasteiger partial charge in [-0.2, -0.15) is 0 Å². The van der Waals surface area contributed by atoms with Crippen LogP contribution in [-0.2, 0) is 19.1 Å². The predicted molar refractivity (Wildman–Crippen MR) is 127 cm³/mol. The normalized spacial score (nSPS) is 52.6. The SMILES string of the molecule is CC1(C)O[C@@H]2C[C@H]3[C@@H]4C[C@H](Cl)C5=CC(=O)CC[C@]5(C)[C@@]4(Cl)[C@@H](O)C[C@]3(C)[C@]2(C(=O)C(Cl)Cl)O1. The Morgan fingerprint density at radius 1 is 1.18 bits per heavy atom. The number of carbonyl (C=O) groups excluding carboxylic acids is 2. The molecule has 5 nitrogen and oxygen atoms in total. The van der Waals surface area contributed by atoms with Crippen molar-refractivity contribution in [1.29, 1.82) is 0 Å². The molecule has 0 radical (unpaired) electrons. The van der Waals surface area contributed by atoms with Crippen molar-refractivity contribution in [3.05, 3.63) is 11.6 Å². The summed E-state index contributed by atoms with van der Waals surface area (Å²) in [5.74, 6) is -1.73. The van der Waals surface area contributed by atoms with E-state index in [1.807, 2.05) is 13.8 Å². The molecule has 9 atom stereocenters. The van der Waals surface area contributed by atoms with Gasteiger partial charge in [-0.3, -0.25) is 9.59 Å². The van der Waals surface area contributed by atoms with Gasteiger partial charge >= 0.3 is 0 Å². The Balaban J connectivity index is 1.66. The van der Waals surface area contributed by atoms with Crippen molar-refractivity contribution in [1.82, 2.24) is 0 Å². The van der Waals surface area contributed by atoms with E-state index < -0.39 is 49.9 Å². The van der Waals surface area contributed by atoms with Gasteiger partial charge in [0.25, 0.3) is 0 Å². The Hall–Kier alpha value is 0.120. The van der Waals surface area contributed by atoms with Crippen LogP contribution in [0.15, 0.2) is 11.6 Å². The molecule has 1 N–H and O–H groups in total. The van der Waals surface area contributed by atoms with Crippen LogP contribution in [0.2, 0.25) is 0 Å². The Morgan fingerprint density at radius 3 is 2.48 bits per heavy atom. The molecule has 5 aliphatic rings. The first-order valence-electron chi connectivity index (χ1n) is 11.6. The number of hydrogen-bond acceptors (Lipinski definition) is 5. The highest BCUT2D eigenvalue weighted by molar-refractivity contribution is 6.54. The molecular formula is C24H30Cl4O5. The molecule has 4 aliphatic carbocycles. The van der Waals surface area contributed by atoms with Crippen LogP contribution in [0.25, 0.3) is 0 Å². The number of rotatable bonds is 2. The van der Waals surface area contributed by atoms with Crippen LogP contribution in [0.3, 0.4) is 0 Å². The number of aliphatic hydroxyl groups excluding tert-OH is 1. The van der Waals surface area contributed by atoms with Gasteiger partial charge in [-0.05, 0) is 63.0 Å². The average Bonchev–Trinajstić information content (AvgIpc) is 3.11. The second kappa shape index (κ2) is 7.34. The molecule has 0 bridgehead atoms. The van der Waals surface area contributed by atoms with Gasteiger partial charge in [0.2, 0.25) is 5.78 Å². The first kappa shape index (κ1) is 24.8. The van der Waals surface area contributed by atoms with E-state index in [0.29, 0.717) is 25.7 Å². The molecule has 0 aromatic rings. The molecule has 9 heteroatoms. The van der Waals surface area contributed by atoms with E-state index in [1.54, 1.807) is 19.9 Å². The zero-order valence-electron chi connectivity index (χ0n) is 19.2. The lowest BCUT2D eigenvalue weighted by Crippen LogP contribution is -2.71. The number of hydrogen-bond donors (Lipinski definition) is 1. The number of carbonyl (C=O) groups is 2. The van der Waals surface area contributed by atoms with Crippen molar-refractivity contribution in [2.45, 2.75) is 98.5 Å². The van der Waals surface area contributed by atoms with E-state index in [2.05, 4.69) is 0 Å². The molecule has 4 fully saturated rings. The van der Waals surface area contributed by atoms with Crippen LogP contribution in [-0.4, -0.2) is 55.4 Å². The molecule has 33 heavy (non-hydrogen) atoms. The van der Waals surface area contributed by atoms with E-state index in [9.17, 15) is 14.7 Å². The third-order valence-corrected chi connectivity index (χ3v) is 11.3. The molecular weight excluding hydrogens is 510 g/mol. The first-order valence-corrected chi connectivity index (χ1v) is 13.3. The van der Waals surface area contributed by atoms with Crippen LogP contribution in [0, 0.1) is 22.7 Å². The third-order valence-electron chi connectivity index (χ3n) is 9.58. The highest BCUT2D eigenvalue weighted by Crippen LogP contribution is 2.73. The monoisotopic (exact) mass is 538 g/mol. The minimum absolute atomic E-state index is 0.0428. The van der Waals surface area contributed by atoms with Crippen molar-refractivity contribution >= 4 is 58.0 Å². The maximum atomic E-state index is 13.6. The average molecular weight is 540 g/mol. The molecule has 0 aromatic heterocycles. The number of aliphatic hydroxyl groups is 1. The van der Waals surface area contributed by atoms with Crippen molar-refractivity contribution in [2.75, 3.05) is 0 Å². The van der Waals surface area contributed by atoms with Crippen molar-refractivity contribution in [2.24, 2.45) is 22.7 Å². The standard InChI is InChI=1S/C24H30Cl4O5/c1-20(2)32-17-9-12-13-8-15(25)14-7-11(29)5-6-21(14,3)23(13,28)16(30)10-22(12,4)24(17,33-20)18(31)19(26)27/h7,12-13,15-17,19,30H,5-6,8-10H2,1-4H3/t12-,13-,15-,16-,17+,21-,22-,23-,24-/m0/s1. The largest absolute Gasteiger partial charge is 0.391 e. The second-order valence-corrected chi connectivity index (χ2v) is 13.7. The molecule has 0 aromatic carbocycles. The zero-order chi connectivity index (χ0) is 24.4. The zero-order valence-corrected chi connectivity index (χ0v) is 22.2. The molecule has 0 unspecified atom stereocenters. The smallest absolute Gasteiger partial charge is 0.200 e. The highest BCUT2D eigenvalue weighted by Gasteiger charge is 2.80. The summed E-state index contributed by atoms with van der Waals surface area (Å²) in [7, 11) is 0. The molecule has 0 spiro atoms. The lowest BCUT2D eigenvalue weighted by molar-refractivity contribution is -0.222. The Morgan fingerprint density at radius 2 is 1.85 bits per heavy atom. The number of Topliss-reactive ketones (excluding diaryl/α,β-unsaturated/α-hetero) is 1. The maximum Gasteiger partial charge on any atom is 0.200 e. The second-order valence-electron chi connectivity index (χ2n) is 11.5. The molecule has 1 heterocycles. The number of alkyl halides is 4. The predicted octanol–water partition coefficient (Wildman–Crippen LogP) is 4.94. The third kappa shape index (κ3) is 2.91. The molecule has 3 saturated carbocycles. The topological polar surface area (TPSA) is 72.8 Å².